The minimum absolute atomic E-state index is 0.844. The number of rotatable bonds is 4. The third-order valence-electron chi connectivity index (χ3n) is 9.82. The summed E-state index contributed by atoms with van der Waals surface area (Å²) < 4.78 is 16.9. The Morgan fingerprint density at radius 2 is 0.760 bits per heavy atom. The smallest absolute Gasteiger partial charge is 0.137 e. The second-order valence-corrected chi connectivity index (χ2v) is 12.8. The largest absolute Gasteiger partial charge is 0.456 e. The van der Waals surface area contributed by atoms with Crippen LogP contribution in [0.2, 0.25) is 0 Å². The molecule has 0 aliphatic heterocycles. The Morgan fingerprint density at radius 1 is 0.360 bits per heavy atom. The van der Waals surface area contributed by atoms with E-state index in [0.29, 0.717) is 0 Å². The van der Waals surface area contributed by atoms with E-state index in [0.717, 1.165) is 99.9 Å². The quantitative estimate of drug-likeness (QED) is 0.192. The molecule has 0 saturated heterocycles. The van der Waals surface area contributed by atoms with Crippen LogP contribution in [0.1, 0.15) is 0 Å². The van der Waals surface area contributed by atoms with Crippen LogP contribution in [0.4, 0.5) is 0 Å². The summed E-state index contributed by atoms with van der Waals surface area (Å²) in [7, 11) is 0. The molecule has 6 heteroatoms. The van der Waals surface area contributed by atoms with Gasteiger partial charge in [-0.25, -0.2) is 9.97 Å². The van der Waals surface area contributed by atoms with Gasteiger partial charge in [0, 0.05) is 57.5 Å². The number of nitrogens with zero attached hydrogens (tertiary/aromatic N) is 4. The Hall–Kier alpha value is -6.92. The molecule has 0 bridgehead atoms. The molecule has 5 aromatic carbocycles. The normalized spacial score (nSPS) is 12.0. The Bertz CT molecular complexity index is 2810. The van der Waals surface area contributed by atoms with Gasteiger partial charge in [0.15, 0.2) is 0 Å². The van der Waals surface area contributed by atoms with E-state index in [4.69, 9.17) is 18.8 Å². The van der Waals surface area contributed by atoms with Crippen molar-refractivity contribution in [2.75, 3.05) is 0 Å². The summed E-state index contributed by atoms with van der Waals surface area (Å²) in [6.45, 7) is 0. The van der Waals surface area contributed by atoms with Gasteiger partial charge in [-0.3, -0.25) is 0 Å². The molecule has 0 amide bonds. The van der Waals surface area contributed by atoms with Gasteiger partial charge in [0.25, 0.3) is 0 Å². The van der Waals surface area contributed by atoms with Crippen molar-refractivity contribution >= 4 is 55.2 Å². The van der Waals surface area contributed by atoms with E-state index >= 15 is 0 Å². The minimum atomic E-state index is 0.844. The summed E-state index contributed by atoms with van der Waals surface area (Å²) in [5.74, 6) is 0. The molecule has 0 radical (unpaired) electrons. The van der Waals surface area contributed by atoms with Crippen LogP contribution in [0.3, 0.4) is 0 Å². The third kappa shape index (κ3) is 4.22. The van der Waals surface area contributed by atoms with Gasteiger partial charge in [-0.2, -0.15) is 0 Å². The molecule has 6 nitrogen and oxygen atoms in total. The molecule has 234 valence electrons. The van der Waals surface area contributed by atoms with Crippen LogP contribution >= 0.6 is 0 Å². The molecule has 0 saturated carbocycles. The highest BCUT2D eigenvalue weighted by Crippen LogP contribution is 2.39. The van der Waals surface area contributed by atoms with Crippen LogP contribution in [0.25, 0.3) is 99.9 Å². The van der Waals surface area contributed by atoms with Gasteiger partial charge >= 0.3 is 0 Å². The summed E-state index contributed by atoms with van der Waals surface area (Å²) >= 11 is 0. The maximum Gasteiger partial charge on any atom is 0.137 e. The SMILES string of the molecule is c1ccn2cc(-c3ccc(-c4ccc5oc6cc7c(cc6c5c4)oc4ccc(-c5ccc(-c6cn8ccccc8n6)cc5)cc47)cc3)nc2c1. The van der Waals surface area contributed by atoms with Crippen LogP contribution in [-0.2, 0) is 0 Å². The van der Waals surface area contributed by atoms with Crippen LogP contribution in [0.5, 0.6) is 0 Å². The second kappa shape index (κ2) is 10.3. The first-order valence-electron chi connectivity index (χ1n) is 16.6. The molecule has 0 fully saturated rings. The summed E-state index contributed by atoms with van der Waals surface area (Å²) in [5, 5.41) is 4.21. The summed E-state index contributed by atoms with van der Waals surface area (Å²) in [6, 6.07) is 46.3. The lowest BCUT2D eigenvalue weighted by Crippen LogP contribution is -1.81. The first-order chi connectivity index (χ1) is 24.7. The maximum atomic E-state index is 6.41. The van der Waals surface area contributed by atoms with E-state index in [-0.39, 0.29) is 0 Å². The van der Waals surface area contributed by atoms with E-state index in [1.54, 1.807) is 0 Å². The van der Waals surface area contributed by atoms with Crippen LogP contribution in [0.15, 0.2) is 167 Å². The van der Waals surface area contributed by atoms with E-state index in [1.165, 1.54) is 0 Å². The van der Waals surface area contributed by atoms with Crippen LogP contribution in [0, 0.1) is 0 Å². The molecule has 6 aromatic heterocycles. The Kier molecular flexibility index (Phi) is 5.57. The number of furan rings is 2. The summed E-state index contributed by atoms with van der Waals surface area (Å²) in [4.78, 5) is 9.55. The molecule has 0 unspecified atom stereocenters. The zero-order chi connectivity index (χ0) is 32.8. The number of fused-ring (bicyclic) bond motifs is 8. The molecular formula is C44H26N4O2. The van der Waals surface area contributed by atoms with Gasteiger partial charge in [0.1, 0.15) is 33.6 Å². The molecule has 11 rings (SSSR count). The molecular weight excluding hydrogens is 617 g/mol. The fourth-order valence-electron chi connectivity index (χ4n) is 7.22. The maximum absolute atomic E-state index is 6.41. The van der Waals surface area contributed by atoms with E-state index in [2.05, 4.69) is 109 Å². The van der Waals surface area contributed by atoms with E-state index in [1.807, 2.05) is 57.6 Å². The van der Waals surface area contributed by atoms with Crippen molar-refractivity contribution in [2.45, 2.75) is 0 Å². The van der Waals surface area contributed by atoms with Gasteiger partial charge in [-0.1, -0.05) is 72.8 Å². The lowest BCUT2D eigenvalue weighted by atomic mass is 10.00. The minimum Gasteiger partial charge on any atom is -0.456 e. The number of imidazole rings is 2. The van der Waals surface area contributed by atoms with Crippen molar-refractivity contribution in [1.82, 2.24) is 18.8 Å². The number of hydrogen-bond acceptors (Lipinski definition) is 4. The van der Waals surface area contributed by atoms with E-state index in [9.17, 15) is 0 Å². The predicted octanol–water partition coefficient (Wildman–Crippen LogP) is 11.4. The van der Waals surface area contributed by atoms with Crippen LogP contribution in [-0.4, -0.2) is 18.8 Å². The predicted molar refractivity (Wildman–Crippen MR) is 200 cm³/mol. The van der Waals surface area contributed by atoms with Crippen molar-refractivity contribution in [1.29, 1.82) is 0 Å². The average molecular weight is 643 g/mol. The zero-order valence-corrected chi connectivity index (χ0v) is 26.6. The Balaban J connectivity index is 0.934. The van der Waals surface area contributed by atoms with Gasteiger partial charge in [-0.15, -0.1) is 0 Å². The van der Waals surface area contributed by atoms with Crippen LogP contribution < -0.4 is 0 Å². The van der Waals surface area contributed by atoms with Crippen molar-refractivity contribution < 1.29 is 8.83 Å². The highest BCUT2D eigenvalue weighted by Gasteiger charge is 2.16. The van der Waals surface area contributed by atoms with Crippen molar-refractivity contribution in [3.05, 3.63) is 158 Å². The molecule has 0 aliphatic carbocycles. The monoisotopic (exact) mass is 642 g/mol. The standard InChI is InChI=1S/C44H26N4O2/c1-3-19-47-25-37(45-43(47)5-1)29-11-7-27(8-12-29)31-15-17-39-33(21-31)35-23-42-36(24-41(35)49-39)34-22-32(16-18-40(34)50-42)28-9-13-30(14-10-28)38-26-48-20-4-2-6-44(48)46-38/h1-26H. The molecule has 0 spiro atoms. The van der Waals surface area contributed by atoms with E-state index < -0.39 is 0 Å². The molecule has 0 N–H and O–H groups in total. The number of pyridine rings is 2. The number of aromatic nitrogens is 4. The number of benzene rings is 5. The Morgan fingerprint density at radius 3 is 1.20 bits per heavy atom. The third-order valence-corrected chi connectivity index (χ3v) is 9.82. The Labute approximate surface area is 285 Å². The van der Waals surface area contributed by atoms with Crippen molar-refractivity contribution in [3.63, 3.8) is 0 Å². The number of hydrogen-bond donors (Lipinski definition) is 0. The highest BCUT2D eigenvalue weighted by molar-refractivity contribution is 6.15. The topological polar surface area (TPSA) is 60.9 Å². The highest BCUT2D eigenvalue weighted by atomic mass is 16.3. The van der Waals surface area contributed by atoms with Crippen molar-refractivity contribution in [2.24, 2.45) is 0 Å². The fourth-order valence-corrected chi connectivity index (χ4v) is 7.22. The van der Waals surface area contributed by atoms with Gasteiger partial charge in [0.2, 0.25) is 0 Å². The second-order valence-electron chi connectivity index (χ2n) is 12.8. The van der Waals surface area contributed by atoms with Gasteiger partial charge in [-0.05, 0) is 82.9 Å². The lowest BCUT2D eigenvalue weighted by Gasteiger charge is -2.04. The molecule has 11 aromatic rings. The molecule has 0 atom stereocenters. The van der Waals surface area contributed by atoms with Crippen molar-refractivity contribution in [3.8, 4) is 44.8 Å². The first kappa shape index (κ1) is 27.1. The molecule has 6 heterocycles. The average Bonchev–Trinajstić information content (AvgIpc) is 3.96. The fraction of sp³-hybridized carbons (Fsp3) is 0. The first-order valence-corrected chi connectivity index (χ1v) is 16.6. The molecule has 50 heavy (non-hydrogen) atoms. The van der Waals surface area contributed by atoms with Gasteiger partial charge < -0.3 is 17.6 Å². The summed E-state index contributed by atoms with van der Waals surface area (Å²) in [5.41, 5.74) is 13.9. The lowest BCUT2D eigenvalue weighted by molar-refractivity contribution is 0.664. The molecule has 0 aliphatic rings. The van der Waals surface area contributed by atoms with Gasteiger partial charge in [0.05, 0.1) is 11.4 Å². The summed E-state index contributed by atoms with van der Waals surface area (Å²) in [6.07, 6.45) is 8.17. The zero-order valence-electron chi connectivity index (χ0n) is 26.6.